The molecule has 2 heteroatoms. The van der Waals surface area contributed by atoms with E-state index in [9.17, 15) is 5.11 Å². The Morgan fingerprint density at radius 2 is 2.13 bits per heavy atom. The minimum absolute atomic E-state index is 0.294. The van der Waals surface area contributed by atoms with Crippen molar-refractivity contribution in [3.63, 3.8) is 0 Å². The summed E-state index contributed by atoms with van der Waals surface area (Å²) in [7, 11) is 1.68. The van der Waals surface area contributed by atoms with Crippen LogP contribution in [0.5, 0.6) is 0 Å². The van der Waals surface area contributed by atoms with E-state index in [1.165, 1.54) is 0 Å². The van der Waals surface area contributed by atoms with Crippen molar-refractivity contribution in [2.75, 3.05) is 7.11 Å². The van der Waals surface area contributed by atoms with Crippen LogP contribution in [0.15, 0.2) is 24.3 Å². The molecular weight excluding hydrogens is 188 g/mol. The minimum Gasteiger partial charge on any atom is -0.388 e. The van der Waals surface area contributed by atoms with Gasteiger partial charge in [0.25, 0.3) is 0 Å². The first-order valence-electron chi connectivity index (χ1n) is 5.44. The lowest BCUT2D eigenvalue weighted by molar-refractivity contribution is 0.115. The molecule has 0 saturated heterocycles. The zero-order chi connectivity index (χ0) is 11.3. The molecule has 0 heterocycles. The van der Waals surface area contributed by atoms with E-state index in [0.29, 0.717) is 12.5 Å². The summed E-state index contributed by atoms with van der Waals surface area (Å²) in [5.74, 6) is 0.294. The number of aliphatic hydroxyl groups excluding tert-OH is 1. The molecule has 1 aromatic carbocycles. The molecule has 0 aliphatic carbocycles. The van der Waals surface area contributed by atoms with E-state index in [-0.39, 0.29) is 6.10 Å². The first kappa shape index (κ1) is 12.2. The van der Waals surface area contributed by atoms with Crippen LogP contribution in [0.4, 0.5) is 0 Å². The third-order valence-corrected chi connectivity index (χ3v) is 2.79. The van der Waals surface area contributed by atoms with Crippen molar-refractivity contribution in [3.8, 4) is 0 Å². The predicted molar refractivity (Wildman–Crippen MR) is 61.6 cm³/mol. The van der Waals surface area contributed by atoms with Gasteiger partial charge in [-0.05, 0) is 17.0 Å². The molecule has 0 fully saturated rings. The zero-order valence-corrected chi connectivity index (χ0v) is 9.73. The van der Waals surface area contributed by atoms with Crippen molar-refractivity contribution in [2.45, 2.75) is 33.0 Å². The summed E-state index contributed by atoms with van der Waals surface area (Å²) in [4.78, 5) is 0. The molecule has 1 rings (SSSR count). The lowest BCUT2D eigenvalue weighted by Crippen LogP contribution is -2.08. The van der Waals surface area contributed by atoms with Crippen molar-refractivity contribution in [3.05, 3.63) is 35.4 Å². The second kappa shape index (κ2) is 5.89. The van der Waals surface area contributed by atoms with Crippen LogP contribution in [-0.2, 0) is 11.3 Å². The molecule has 0 radical (unpaired) electrons. The van der Waals surface area contributed by atoms with Gasteiger partial charge in [-0.15, -0.1) is 0 Å². The Morgan fingerprint density at radius 3 is 2.73 bits per heavy atom. The van der Waals surface area contributed by atoms with Gasteiger partial charge in [0.1, 0.15) is 0 Å². The molecule has 0 bridgehead atoms. The second-order valence-electron chi connectivity index (χ2n) is 4.01. The summed E-state index contributed by atoms with van der Waals surface area (Å²) in [5.41, 5.74) is 2.09. The van der Waals surface area contributed by atoms with E-state index in [0.717, 1.165) is 17.5 Å². The minimum atomic E-state index is -0.369. The molecule has 0 aliphatic rings. The van der Waals surface area contributed by atoms with E-state index in [2.05, 4.69) is 13.8 Å². The van der Waals surface area contributed by atoms with Gasteiger partial charge in [0.2, 0.25) is 0 Å². The smallest absolute Gasteiger partial charge is 0.0815 e. The van der Waals surface area contributed by atoms with Gasteiger partial charge >= 0.3 is 0 Å². The lowest BCUT2D eigenvalue weighted by atomic mass is 9.94. The SMILES string of the molecule is CCC(C)C(O)c1cccc(COC)c1. The Hall–Kier alpha value is -0.860. The molecule has 0 aromatic heterocycles. The quantitative estimate of drug-likeness (QED) is 0.806. The molecule has 0 amide bonds. The van der Waals surface area contributed by atoms with Crippen molar-refractivity contribution in [1.29, 1.82) is 0 Å². The Labute approximate surface area is 91.9 Å². The summed E-state index contributed by atoms with van der Waals surface area (Å²) in [5, 5.41) is 10.0. The van der Waals surface area contributed by atoms with E-state index < -0.39 is 0 Å². The number of hydrogen-bond donors (Lipinski definition) is 1. The van der Waals surface area contributed by atoms with Crippen LogP contribution < -0.4 is 0 Å². The summed E-state index contributed by atoms with van der Waals surface area (Å²) >= 11 is 0. The van der Waals surface area contributed by atoms with Crippen LogP contribution in [0.2, 0.25) is 0 Å². The first-order valence-corrected chi connectivity index (χ1v) is 5.44. The van der Waals surface area contributed by atoms with E-state index in [1.807, 2.05) is 24.3 Å². The number of benzene rings is 1. The molecule has 2 unspecified atom stereocenters. The average Bonchev–Trinajstić information content (AvgIpc) is 2.28. The number of aliphatic hydroxyl groups is 1. The molecule has 0 saturated carbocycles. The highest BCUT2D eigenvalue weighted by atomic mass is 16.5. The fourth-order valence-corrected chi connectivity index (χ4v) is 1.59. The summed E-state index contributed by atoms with van der Waals surface area (Å²) in [6, 6.07) is 7.96. The monoisotopic (exact) mass is 208 g/mol. The standard InChI is InChI=1S/C13H20O2/c1-4-10(2)13(14)12-7-5-6-11(8-12)9-15-3/h5-8,10,13-14H,4,9H2,1-3H3. The molecule has 2 nitrogen and oxygen atoms in total. The maximum atomic E-state index is 10.0. The second-order valence-corrected chi connectivity index (χ2v) is 4.01. The van der Waals surface area contributed by atoms with Gasteiger partial charge in [0, 0.05) is 7.11 Å². The van der Waals surface area contributed by atoms with Crippen molar-refractivity contribution in [2.24, 2.45) is 5.92 Å². The van der Waals surface area contributed by atoms with E-state index in [1.54, 1.807) is 7.11 Å². The van der Waals surface area contributed by atoms with Gasteiger partial charge in [0.15, 0.2) is 0 Å². The summed E-state index contributed by atoms with van der Waals surface area (Å²) < 4.78 is 5.07. The molecule has 0 spiro atoms. The maximum absolute atomic E-state index is 10.0. The Bertz CT molecular complexity index is 296. The number of hydrogen-bond acceptors (Lipinski definition) is 2. The first-order chi connectivity index (χ1) is 7.19. The predicted octanol–water partition coefficient (Wildman–Crippen LogP) is 2.91. The van der Waals surface area contributed by atoms with Gasteiger partial charge < -0.3 is 9.84 Å². The van der Waals surface area contributed by atoms with Crippen molar-refractivity contribution < 1.29 is 9.84 Å². The largest absolute Gasteiger partial charge is 0.388 e. The molecule has 84 valence electrons. The van der Waals surface area contributed by atoms with Crippen molar-refractivity contribution in [1.82, 2.24) is 0 Å². The van der Waals surface area contributed by atoms with Gasteiger partial charge in [-0.2, -0.15) is 0 Å². The van der Waals surface area contributed by atoms with Gasteiger partial charge in [-0.25, -0.2) is 0 Å². The Morgan fingerprint density at radius 1 is 1.40 bits per heavy atom. The van der Waals surface area contributed by atoms with Crippen LogP contribution in [0.1, 0.15) is 37.5 Å². The fourth-order valence-electron chi connectivity index (χ4n) is 1.59. The maximum Gasteiger partial charge on any atom is 0.0815 e. The van der Waals surface area contributed by atoms with E-state index >= 15 is 0 Å². The Kier molecular flexibility index (Phi) is 4.79. The fraction of sp³-hybridized carbons (Fsp3) is 0.538. The third kappa shape index (κ3) is 3.33. The molecule has 2 atom stereocenters. The lowest BCUT2D eigenvalue weighted by Gasteiger charge is -2.18. The van der Waals surface area contributed by atoms with Crippen LogP contribution in [-0.4, -0.2) is 12.2 Å². The highest BCUT2D eigenvalue weighted by Crippen LogP contribution is 2.24. The summed E-state index contributed by atoms with van der Waals surface area (Å²) in [6.45, 7) is 4.75. The van der Waals surface area contributed by atoms with E-state index in [4.69, 9.17) is 4.74 Å². The molecule has 0 aliphatic heterocycles. The van der Waals surface area contributed by atoms with Crippen LogP contribution >= 0.6 is 0 Å². The molecular formula is C13H20O2. The summed E-state index contributed by atoms with van der Waals surface area (Å²) in [6.07, 6.45) is 0.613. The average molecular weight is 208 g/mol. The van der Waals surface area contributed by atoms with Crippen LogP contribution in [0, 0.1) is 5.92 Å². The van der Waals surface area contributed by atoms with Gasteiger partial charge in [0.05, 0.1) is 12.7 Å². The molecule has 1 aromatic rings. The van der Waals surface area contributed by atoms with Crippen molar-refractivity contribution >= 4 is 0 Å². The highest BCUT2D eigenvalue weighted by molar-refractivity contribution is 5.25. The normalized spacial score (nSPS) is 14.9. The third-order valence-electron chi connectivity index (χ3n) is 2.79. The molecule has 15 heavy (non-hydrogen) atoms. The van der Waals surface area contributed by atoms with Crippen LogP contribution in [0.3, 0.4) is 0 Å². The van der Waals surface area contributed by atoms with Crippen LogP contribution in [0.25, 0.3) is 0 Å². The van der Waals surface area contributed by atoms with Gasteiger partial charge in [-0.1, -0.05) is 44.5 Å². The zero-order valence-electron chi connectivity index (χ0n) is 9.73. The number of methoxy groups -OCH3 is 1. The topological polar surface area (TPSA) is 29.5 Å². The number of rotatable bonds is 5. The highest BCUT2D eigenvalue weighted by Gasteiger charge is 2.14. The molecule has 1 N–H and O–H groups in total. The van der Waals surface area contributed by atoms with Gasteiger partial charge in [-0.3, -0.25) is 0 Å². The number of ether oxygens (including phenoxy) is 1. The Balaban J connectivity index is 2.80.